The molecule has 9 heteroatoms. The second-order valence-corrected chi connectivity index (χ2v) is 16.7. The average Bonchev–Trinajstić information content (AvgIpc) is 3.34. The molecule has 3 aromatic rings. The molecule has 8 nitrogen and oxygen atoms in total. The van der Waals surface area contributed by atoms with Crippen molar-refractivity contribution >= 4 is 24.8 Å². The van der Waals surface area contributed by atoms with Gasteiger partial charge in [-0.25, -0.2) is 4.85 Å². The topological polar surface area (TPSA) is 109 Å². The Balaban J connectivity index is 1.66. The maximum Gasteiger partial charge on any atom is 0.205 e. The first-order valence-electron chi connectivity index (χ1n) is 12.5. The highest BCUT2D eigenvalue weighted by atomic mass is 28.4. The first-order valence-corrected chi connectivity index (χ1v) is 15.4. The highest BCUT2D eigenvalue weighted by molar-refractivity contribution is 6.74. The molecule has 1 fully saturated rings. The third kappa shape index (κ3) is 3.33. The van der Waals surface area contributed by atoms with Gasteiger partial charge in [0.15, 0.2) is 14.0 Å². The van der Waals surface area contributed by atoms with Crippen molar-refractivity contribution in [2.75, 3.05) is 6.61 Å². The van der Waals surface area contributed by atoms with Crippen molar-refractivity contribution in [3.63, 3.8) is 0 Å². The predicted octanol–water partition coefficient (Wildman–Crippen LogP) is 5.18. The van der Waals surface area contributed by atoms with Crippen LogP contribution in [0.4, 0.5) is 5.69 Å². The summed E-state index contributed by atoms with van der Waals surface area (Å²) in [5, 5.41) is 46.7. The molecule has 0 amide bonds. The van der Waals surface area contributed by atoms with Gasteiger partial charge in [-0.1, -0.05) is 51.1 Å². The number of aliphatic hydroxyl groups excluding tert-OH is 2. The van der Waals surface area contributed by atoms with Gasteiger partial charge >= 0.3 is 0 Å². The minimum atomic E-state index is -2.11. The van der Waals surface area contributed by atoms with Crippen LogP contribution in [0.3, 0.4) is 0 Å². The van der Waals surface area contributed by atoms with E-state index in [2.05, 4.69) is 38.7 Å². The molecule has 4 N–H and O–H groups in total. The third-order valence-electron chi connectivity index (χ3n) is 8.76. The lowest BCUT2D eigenvalue weighted by molar-refractivity contribution is -0.118. The lowest BCUT2D eigenvalue weighted by Gasteiger charge is -2.38. The summed E-state index contributed by atoms with van der Waals surface area (Å²) in [7, 11) is -2.11. The first kappa shape index (κ1) is 25.8. The molecule has 0 aliphatic carbocycles. The highest BCUT2D eigenvalue weighted by Crippen LogP contribution is 2.65. The zero-order valence-corrected chi connectivity index (χ0v) is 23.0. The van der Waals surface area contributed by atoms with Crippen molar-refractivity contribution in [1.29, 1.82) is 0 Å². The quantitative estimate of drug-likeness (QED) is 0.272. The van der Waals surface area contributed by atoms with Crippen molar-refractivity contribution in [1.82, 2.24) is 4.57 Å². The van der Waals surface area contributed by atoms with E-state index in [1.165, 1.54) is 4.57 Å². The molecule has 0 radical (unpaired) electrons. The molecule has 2 aliphatic heterocycles. The predicted molar refractivity (Wildman–Crippen MR) is 143 cm³/mol. The van der Waals surface area contributed by atoms with Gasteiger partial charge in [-0.3, -0.25) is 4.57 Å². The summed E-state index contributed by atoms with van der Waals surface area (Å²) >= 11 is 0. The molecule has 5 rings (SSSR count). The number of benzene rings is 2. The van der Waals surface area contributed by atoms with Gasteiger partial charge in [-0.05, 0) is 41.9 Å². The zero-order chi connectivity index (χ0) is 27.1. The summed E-state index contributed by atoms with van der Waals surface area (Å²) < 4.78 is 14.0. The van der Waals surface area contributed by atoms with E-state index in [0.29, 0.717) is 22.1 Å². The number of ether oxygens (including phenoxy) is 1. The standard InChI is InChI=1S/C28H34N2O6Si/c1-26(2,3)37(6,7)35-15-14-28-21-20(27(4,36-28)22(31)23(28)32)24(33)30(25(21)34)19-13-12-18(29-5)16-10-8-9-11-17(16)19/h8-13,22-23,31-34H,14-15H2,1-4,6-7H3/t22?,23-,27?,28?/m0/s1. The summed E-state index contributed by atoms with van der Waals surface area (Å²) in [6.45, 7) is 20.1. The number of aliphatic hydroxyl groups is 2. The number of aromatic nitrogens is 1. The van der Waals surface area contributed by atoms with E-state index >= 15 is 0 Å². The van der Waals surface area contributed by atoms with E-state index in [9.17, 15) is 20.4 Å². The van der Waals surface area contributed by atoms with Crippen molar-refractivity contribution < 1.29 is 29.6 Å². The molecular weight excluding hydrogens is 488 g/mol. The maximum absolute atomic E-state index is 11.6. The molecule has 196 valence electrons. The second kappa shape index (κ2) is 8.06. The number of hydrogen-bond acceptors (Lipinski definition) is 6. The number of rotatable bonds is 5. The van der Waals surface area contributed by atoms with Crippen LogP contribution in [0.25, 0.3) is 21.3 Å². The van der Waals surface area contributed by atoms with Crippen LogP contribution in [0.15, 0.2) is 36.4 Å². The Morgan fingerprint density at radius 1 is 1.03 bits per heavy atom. The normalized spacial score (nSPS) is 27.0. The lowest BCUT2D eigenvalue weighted by Crippen LogP contribution is -2.47. The molecule has 4 atom stereocenters. The smallest absolute Gasteiger partial charge is 0.205 e. The molecule has 2 bridgehead atoms. The molecule has 2 aromatic carbocycles. The fourth-order valence-corrected chi connectivity index (χ4v) is 6.70. The molecule has 3 heterocycles. The second-order valence-electron chi connectivity index (χ2n) is 11.8. The van der Waals surface area contributed by atoms with E-state index < -0.39 is 31.7 Å². The SMILES string of the molecule is [C-]#[N+]c1ccc(-n2c(O)c3c(c2O)C2(CCO[Si](C)(C)C(C)(C)C)OC3(C)C(O)[C@@H]2O)c2ccccc12. The molecule has 2 aliphatic rings. The van der Waals surface area contributed by atoms with Gasteiger partial charge in [0.25, 0.3) is 0 Å². The fraction of sp³-hybridized carbons (Fsp3) is 0.464. The molecule has 1 aromatic heterocycles. The van der Waals surface area contributed by atoms with Gasteiger partial charge in [0.1, 0.15) is 23.4 Å². The number of aromatic hydroxyl groups is 2. The average molecular weight is 523 g/mol. The molecule has 0 saturated carbocycles. The van der Waals surface area contributed by atoms with Gasteiger partial charge in [-0.15, -0.1) is 0 Å². The molecule has 0 spiro atoms. The van der Waals surface area contributed by atoms with Crippen LogP contribution >= 0.6 is 0 Å². The van der Waals surface area contributed by atoms with Gasteiger partial charge in [0, 0.05) is 13.0 Å². The summed E-state index contributed by atoms with van der Waals surface area (Å²) in [6, 6.07) is 10.6. The number of nitrogens with zero attached hydrogens (tertiary/aromatic N) is 2. The van der Waals surface area contributed by atoms with Gasteiger partial charge in [0.2, 0.25) is 11.8 Å². The van der Waals surface area contributed by atoms with Crippen molar-refractivity contribution in [3.8, 4) is 17.4 Å². The van der Waals surface area contributed by atoms with Crippen molar-refractivity contribution in [2.24, 2.45) is 0 Å². The van der Waals surface area contributed by atoms with E-state index in [-0.39, 0.29) is 41.0 Å². The summed E-state index contributed by atoms with van der Waals surface area (Å²) in [4.78, 5) is 3.59. The fourth-order valence-electron chi connectivity index (χ4n) is 5.66. The maximum atomic E-state index is 11.6. The largest absolute Gasteiger partial charge is 0.494 e. The monoisotopic (exact) mass is 522 g/mol. The number of fused-ring (bicyclic) bond motifs is 6. The molecular formula is C28H34N2O6Si. The van der Waals surface area contributed by atoms with Crippen LogP contribution in [-0.4, -0.2) is 52.1 Å². The van der Waals surface area contributed by atoms with E-state index in [1.54, 1.807) is 19.1 Å². The van der Waals surface area contributed by atoms with Crippen LogP contribution in [0.1, 0.15) is 45.2 Å². The van der Waals surface area contributed by atoms with Crippen LogP contribution in [0.2, 0.25) is 18.1 Å². The molecule has 37 heavy (non-hydrogen) atoms. The van der Waals surface area contributed by atoms with Crippen LogP contribution in [0.5, 0.6) is 11.8 Å². The molecule has 1 saturated heterocycles. The van der Waals surface area contributed by atoms with E-state index in [1.807, 2.05) is 24.3 Å². The van der Waals surface area contributed by atoms with Crippen LogP contribution in [-0.2, 0) is 20.4 Å². The Hall–Kier alpha value is -2.87. The van der Waals surface area contributed by atoms with Crippen molar-refractivity contribution in [3.05, 3.63) is 58.9 Å². The third-order valence-corrected chi connectivity index (χ3v) is 13.3. The summed E-state index contributed by atoms with van der Waals surface area (Å²) in [5.74, 6) is -0.538. The van der Waals surface area contributed by atoms with E-state index in [0.717, 1.165) is 0 Å². The van der Waals surface area contributed by atoms with E-state index in [4.69, 9.17) is 15.7 Å². The Bertz CT molecular complexity index is 1450. The minimum Gasteiger partial charge on any atom is -0.494 e. The van der Waals surface area contributed by atoms with Crippen LogP contribution in [0, 0.1) is 6.57 Å². The summed E-state index contributed by atoms with van der Waals surface area (Å²) in [5.41, 5.74) is -1.42. The Morgan fingerprint density at radius 3 is 2.27 bits per heavy atom. The zero-order valence-electron chi connectivity index (χ0n) is 22.0. The lowest BCUT2D eigenvalue weighted by atomic mass is 9.74. The van der Waals surface area contributed by atoms with Gasteiger partial charge in [0.05, 0.1) is 23.4 Å². The molecule has 3 unspecified atom stereocenters. The van der Waals surface area contributed by atoms with Gasteiger partial charge < -0.3 is 29.6 Å². The minimum absolute atomic E-state index is 0.0169. The van der Waals surface area contributed by atoms with Crippen molar-refractivity contribution in [2.45, 2.75) is 75.7 Å². The van der Waals surface area contributed by atoms with Crippen LogP contribution < -0.4 is 0 Å². The Kier molecular flexibility index (Phi) is 5.61. The Labute approximate surface area is 217 Å². The Morgan fingerprint density at radius 2 is 1.65 bits per heavy atom. The first-order chi connectivity index (χ1) is 17.2. The number of hydrogen-bond donors (Lipinski definition) is 4. The summed E-state index contributed by atoms with van der Waals surface area (Å²) in [6.07, 6.45) is -2.44. The van der Waals surface area contributed by atoms with Gasteiger partial charge in [-0.2, -0.15) is 0 Å². The highest BCUT2D eigenvalue weighted by Gasteiger charge is 2.71.